The molecule has 3 N–H and O–H groups in total. The van der Waals surface area contributed by atoms with Crippen molar-refractivity contribution in [2.45, 2.75) is 37.6 Å². The molecule has 8 nitrogen and oxygen atoms in total. The number of halogens is 1. The van der Waals surface area contributed by atoms with Gasteiger partial charge in [-0.1, -0.05) is 6.07 Å². The van der Waals surface area contributed by atoms with Crippen LogP contribution in [0.15, 0.2) is 36.8 Å². The average Bonchev–Trinajstić information content (AvgIpc) is 3.24. The van der Waals surface area contributed by atoms with Crippen molar-refractivity contribution in [2.24, 2.45) is 0 Å². The van der Waals surface area contributed by atoms with Crippen molar-refractivity contribution in [1.29, 1.82) is 5.26 Å². The molecule has 4 rings (SSSR count). The van der Waals surface area contributed by atoms with Crippen molar-refractivity contribution in [1.82, 2.24) is 14.5 Å². The molecule has 0 saturated carbocycles. The molecule has 0 spiro atoms. The number of fused-ring (bicyclic) bond motifs is 1. The summed E-state index contributed by atoms with van der Waals surface area (Å²) in [5, 5.41) is 41.8. The standard InChI is InChI=1S/C19H17IN4O4/c1-9-12-4-5-24(18(12)23-8-22-9)19-16(27)15(26)17(28-19)14(25)10-2-3-13(20)11(6-10)7-21/h2-6,8,14-17,19,25-27H,1H3/t14-,15+,16-,17-,19-/m1/s1. The molecular formula is C19H17IN4O4. The number of hydrogen-bond acceptors (Lipinski definition) is 7. The smallest absolute Gasteiger partial charge is 0.164 e. The number of nitrogens with zero attached hydrogens (tertiary/aromatic N) is 4. The van der Waals surface area contributed by atoms with Crippen LogP contribution in [0, 0.1) is 21.8 Å². The lowest BCUT2D eigenvalue weighted by Gasteiger charge is -2.21. The maximum Gasteiger partial charge on any atom is 0.164 e. The Morgan fingerprint density at radius 3 is 2.79 bits per heavy atom. The third kappa shape index (κ3) is 3.07. The van der Waals surface area contributed by atoms with Gasteiger partial charge < -0.3 is 24.6 Å². The summed E-state index contributed by atoms with van der Waals surface area (Å²) in [6, 6.07) is 8.83. The molecule has 1 fully saturated rings. The molecule has 0 bridgehead atoms. The minimum absolute atomic E-state index is 0.422. The Balaban J connectivity index is 1.66. The molecule has 1 aliphatic heterocycles. The normalized spacial score (nSPS) is 25.7. The molecule has 3 heterocycles. The van der Waals surface area contributed by atoms with E-state index in [4.69, 9.17) is 4.74 Å². The molecule has 2 aromatic heterocycles. The fraction of sp³-hybridized carbons (Fsp3) is 0.316. The van der Waals surface area contributed by atoms with Gasteiger partial charge in [0.25, 0.3) is 0 Å². The van der Waals surface area contributed by atoms with Gasteiger partial charge in [-0.2, -0.15) is 5.26 Å². The Labute approximate surface area is 174 Å². The van der Waals surface area contributed by atoms with Gasteiger partial charge in [0.15, 0.2) is 6.23 Å². The van der Waals surface area contributed by atoms with E-state index in [0.29, 0.717) is 16.8 Å². The van der Waals surface area contributed by atoms with Crippen LogP contribution in [0.1, 0.15) is 29.2 Å². The quantitative estimate of drug-likeness (QED) is 0.475. The fourth-order valence-corrected chi connectivity index (χ4v) is 3.94. The summed E-state index contributed by atoms with van der Waals surface area (Å²) in [6.07, 6.45) is -2.63. The van der Waals surface area contributed by atoms with Gasteiger partial charge in [0.2, 0.25) is 0 Å². The first-order chi connectivity index (χ1) is 13.4. The third-order valence-electron chi connectivity index (χ3n) is 5.02. The van der Waals surface area contributed by atoms with Gasteiger partial charge >= 0.3 is 0 Å². The van der Waals surface area contributed by atoms with E-state index in [9.17, 15) is 20.6 Å². The van der Waals surface area contributed by atoms with Crippen LogP contribution < -0.4 is 0 Å². The number of aromatic nitrogens is 3. The lowest BCUT2D eigenvalue weighted by molar-refractivity contribution is -0.0848. The van der Waals surface area contributed by atoms with Gasteiger partial charge in [-0.05, 0) is 53.3 Å². The van der Waals surface area contributed by atoms with Gasteiger partial charge in [-0.25, -0.2) is 9.97 Å². The van der Waals surface area contributed by atoms with Gasteiger partial charge in [0.1, 0.15) is 42.5 Å². The first-order valence-electron chi connectivity index (χ1n) is 8.59. The summed E-state index contributed by atoms with van der Waals surface area (Å²) in [4.78, 5) is 8.39. The number of aliphatic hydroxyl groups excluding tert-OH is 3. The maximum absolute atomic E-state index is 10.7. The second-order valence-corrected chi connectivity index (χ2v) is 7.85. The lowest BCUT2D eigenvalue weighted by atomic mass is 9.98. The molecule has 1 saturated heterocycles. The lowest BCUT2D eigenvalue weighted by Crippen LogP contribution is -2.34. The molecule has 0 unspecified atom stereocenters. The number of benzene rings is 1. The highest BCUT2D eigenvalue weighted by molar-refractivity contribution is 14.1. The molecule has 5 atom stereocenters. The molecule has 1 aliphatic rings. The van der Waals surface area contributed by atoms with Crippen molar-refractivity contribution in [3.63, 3.8) is 0 Å². The second kappa shape index (κ2) is 7.38. The van der Waals surface area contributed by atoms with Crippen LogP contribution in [0.4, 0.5) is 0 Å². The van der Waals surface area contributed by atoms with E-state index in [1.54, 1.807) is 29.0 Å². The SMILES string of the molecule is Cc1ncnc2c1ccn2[C@@H]1O[C@H]([C@H](O)c2ccc(I)c(C#N)c2)[C@@H](O)[C@H]1O. The minimum Gasteiger partial charge on any atom is -0.387 e. The van der Waals surface area contributed by atoms with Crippen LogP contribution in [0.5, 0.6) is 0 Å². The molecule has 144 valence electrons. The summed E-state index contributed by atoms with van der Waals surface area (Å²) in [6.45, 7) is 1.85. The number of hydrogen-bond donors (Lipinski definition) is 3. The molecule has 0 radical (unpaired) electrons. The first-order valence-corrected chi connectivity index (χ1v) is 9.67. The van der Waals surface area contributed by atoms with Crippen molar-refractivity contribution < 1.29 is 20.1 Å². The predicted octanol–water partition coefficient (Wildman–Crippen LogP) is 1.57. The average molecular weight is 492 g/mol. The molecule has 0 amide bonds. The monoisotopic (exact) mass is 492 g/mol. The molecule has 3 aromatic rings. The van der Waals surface area contributed by atoms with Gasteiger partial charge in [-0.3, -0.25) is 0 Å². The molecule has 9 heteroatoms. The zero-order chi connectivity index (χ0) is 20.0. The largest absolute Gasteiger partial charge is 0.387 e. The Hall–Kier alpha value is -2.10. The van der Waals surface area contributed by atoms with Crippen LogP contribution >= 0.6 is 22.6 Å². The van der Waals surface area contributed by atoms with E-state index in [1.165, 1.54) is 6.33 Å². The molecular weight excluding hydrogens is 475 g/mol. The Bertz CT molecular complexity index is 1080. The zero-order valence-corrected chi connectivity index (χ0v) is 16.9. The molecule has 28 heavy (non-hydrogen) atoms. The van der Waals surface area contributed by atoms with Crippen molar-refractivity contribution in [3.8, 4) is 6.07 Å². The van der Waals surface area contributed by atoms with Crippen LogP contribution in [-0.2, 0) is 4.74 Å². The summed E-state index contributed by atoms with van der Waals surface area (Å²) < 4.78 is 8.25. The van der Waals surface area contributed by atoms with Crippen LogP contribution in [0.25, 0.3) is 11.0 Å². The van der Waals surface area contributed by atoms with E-state index in [0.717, 1.165) is 14.7 Å². The highest BCUT2D eigenvalue weighted by atomic mass is 127. The van der Waals surface area contributed by atoms with E-state index < -0.39 is 30.6 Å². The highest BCUT2D eigenvalue weighted by Gasteiger charge is 2.47. The second-order valence-electron chi connectivity index (χ2n) is 6.69. The van der Waals surface area contributed by atoms with Gasteiger partial charge in [0, 0.05) is 15.2 Å². The maximum atomic E-state index is 10.7. The number of aliphatic hydroxyl groups is 3. The predicted molar refractivity (Wildman–Crippen MR) is 107 cm³/mol. The zero-order valence-electron chi connectivity index (χ0n) is 14.8. The Morgan fingerprint density at radius 1 is 1.25 bits per heavy atom. The van der Waals surface area contributed by atoms with Crippen LogP contribution in [0.2, 0.25) is 0 Å². The van der Waals surface area contributed by atoms with Crippen LogP contribution in [0.3, 0.4) is 0 Å². The highest BCUT2D eigenvalue weighted by Crippen LogP contribution is 2.37. The van der Waals surface area contributed by atoms with Gasteiger partial charge in [0.05, 0.1) is 11.3 Å². The number of ether oxygens (including phenoxy) is 1. The van der Waals surface area contributed by atoms with E-state index in [-0.39, 0.29) is 0 Å². The third-order valence-corrected chi connectivity index (χ3v) is 5.96. The van der Waals surface area contributed by atoms with Crippen molar-refractivity contribution in [3.05, 3.63) is 57.2 Å². The van der Waals surface area contributed by atoms with Gasteiger partial charge in [-0.15, -0.1) is 0 Å². The number of aryl methyl sites for hydroxylation is 1. The Kier molecular flexibility index (Phi) is 5.07. The molecule has 1 aromatic carbocycles. The van der Waals surface area contributed by atoms with Crippen molar-refractivity contribution >= 4 is 33.6 Å². The number of nitriles is 1. The first kappa shape index (κ1) is 19.2. The van der Waals surface area contributed by atoms with Crippen molar-refractivity contribution in [2.75, 3.05) is 0 Å². The van der Waals surface area contributed by atoms with E-state index in [1.807, 2.05) is 35.6 Å². The van der Waals surface area contributed by atoms with E-state index >= 15 is 0 Å². The number of rotatable bonds is 3. The van der Waals surface area contributed by atoms with Crippen LogP contribution in [-0.4, -0.2) is 48.2 Å². The van der Waals surface area contributed by atoms with E-state index in [2.05, 4.69) is 16.0 Å². The topological polar surface area (TPSA) is 124 Å². The summed E-state index contributed by atoms with van der Waals surface area (Å²) >= 11 is 2.04. The summed E-state index contributed by atoms with van der Waals surface area (Å²) in [5.74, 6) is 0. The minimum atomic E-state index is -1.31. The summed E-state index contributed by atoms with van der Waals surface area (Å²) in [7, 11) is 0. The summed E-state index contributed by atoms with van der Waals surface area (Å²) in [5.41, 5.74) is 2.21. The Morgan fingerprint density at radius 2 is 2.04 bits per heavy atom. The fourth-order valence-electron chi connectivity index (χ4n) is 3.48. The molecule has 0 aliphatic carbocycles.